The van der Waals surface area contributed by atoms with Crippen molar-refractivity contribution in [2.75, 3.05) is 18.4 Å². The number of amides is 1. The Labute approximate surface area is 174 Å². The lowest BCUT2D eigenvalue weighted by molar-refractivity contribution is 0.102. The number of benzene rings is 2. The first-order valence-corrected chi connectivity index (χ1v) is 11.7. The van der Waals surface area contributed by atoms with E-state index in [2.05, 4.69) is 33.0 Å². The Balaban J connectivity index is 1.93. The third-order valence-corrected chi connectivity index (χ3v) is 7.31. The van der Waals surface area contributed by atoms with Crippen LogP contribution in [-0.4, -0.2) is 31.7 Å². The van der Waals surface area contributed by atoms with Gasteiger partial charge in [-0.1, -0.05) is 52.0 Å². The number of anilines is 1. The van der Waals surface area contributed by atoms with Gasteiger partial charge in [0.25, 0.3) is 5.91 Å². The summed E-state index contributed by atoms with van der Waals surface area (Å²) in [5.74, 6) is 0.218. The first kappa shape index (κ1) is 21.5. The quantitative estimate of drug-likeness (QED) is 0.726. The number of nitrogens with one attached hydrogen (secondary N) is 1. The normalized spacial score (nSPS) is 15.2. The van der Waals surface area contributed by atoms with E-state index in [-0.39, 0.29) is 22.6 Å². The zero-order chi connectivity index (χ0) is 21.2. The van der Waals surface area contributed by atoms with Crippen LogP contribution in [0.5, 0.6) is 0 Å². The molecule has 6 heteroatoms. The Morgan fingerprint density at radius 1 is 0.931 bits per heavy atom. The molecule has 1 amide bonds. The highest BCUT2D eigenvalue weighted by Gasteiger charge is 2.27. The van der Waals surface area contributed by atoms with Crippen LogP contribution in [0.3, 0.4) is 0 Å². The number of hydrogen-bond acceptors (Lipinski definition) is 3. The SMILES string of the molecule is CC(C)c1cccc(C(C)C)c1NC(=O)c1cccc(S(=O)(=O)N2CCCC2)c1. The maximum atomic E-state index is 13.0. The molecule has 0 radical (unpaired) electrons. The number of carbonyl (C=O) groups is 1. The molecule has 1 fully saturated rings. The maximum absolute atomic E-state index is 13.0. The predicted octanol–water partition coefficient (Wildman–Crippen LogP) is 4.97. The van der Waals surface area contributed by atoms with Crippen molar-refractivity contribution in [2.45, 2.75) is 57.3 Å². The van der Waals surface area contributed by atoms with E-state index in [1.165, 1.54) is 10.4 Å². The molecule has 1 aliphatic heterocycles. The molecule has 0 bridgehead atoms. The van der Waals surface area contributed by atoms with Crippen LogP contribution < -0.4 is 5.32 Å². The van der Waals surface area contributed by atoms with Gasteiger partial charge in [-0.3, -0.25) is 4.79 Å². The van der Waals surface area contributed by atoms with Gasteiger partial charge in [-0.2, -0.15) is 4.31 Å². The van der Waals surface area contributed by atoms with Gasteiger partial charge in [0.05, 0.1) is 4.90 Å². The van der Waals surface area contributed by atoms with Gasteiger partial charge < -0.3 is 5.32 Å². The molecule has 0 saturated carbocycles. The summed E-state index contributed by atoms with van der Waals surface area (Å²) in [6.45, 7) is 9.46. The van der Waals surface area contributed by atoms with Crippen LogP contribution in [0.4, 0.5) is 5.69 Å². The molecular formula is C23H30N2O3S. The van der Waals surface area contributed by atoms with Gasteiger partial charge in [0.15, 0.2) is 0 Å². The molecule has 1 aliphatic rings. The van der Waals surface area contributed by atoms with Crippen LogP contribution in [0.2, 0.25) is 0 Å². The third kappa shape index (κ3) is 4.54. The van der Waals surface area contributed by atoms with Crippen molar-refractivity contribution in [1.29, 1.82) is 0 Å². The zero-order valence-electron chi connectivity index (χ0n) is 17.6. The molecule has 0 unspecified atom stereocenters. The van der Waals surface area contributed by atoms with Gasteiger partial charge in [-0.05, 0) is 54.0 Å². The molecule has 0 aliphatic carbocycles. The van der Waals surface area contributed by atoms with E-state index < -0.39 is 10.0 Å². The third-order valence-electron chi connectivity index (χ3n) is 5.41. The van der Waals surface area contributed by atoms with Crippen molar-refractivity contribution in [3.05, 3.63) is 59.2 Å². The van der Waals surface area contributed by atoms with Crippen LogP contribution in [-0.2, 0) is 10.0 Å². The second-order valence-electron chi connectivity index (χ2n) is 8.21. The molecule has 0 aromatic heterocycles. The van der Waals surface area contributed by atoms with Crippen molar-refractivity contribution >= 4 is 21.6 Å². The summed E-state index contributed by atoms with van der Waals surface area (Å²) in [5, 5.41) is 3.06. The van der Waals surface area contributed by atoms with Gasteiger partial charge in [0, 0.05) is 24.3 Å². The topological polar surface area (TPSA) is 66.5 Å². The van der Waals surface area contributed by atoms with E-state index in [1.807, 2.05) is 18.2 Å². The summed E-state index contributed by atoms with van der Waals surface area (Å²) < 4.78 is 27.2. The second-order valence-corrected chi connectivity index (χ2v) is 10.2. The van der Waals surface area contributed by atoms with Crippen LogP contribution in [0.1, 0.15) is 73.9 Å². The standard InChI is InChI=1S/C23H30N2O3S/c1-16(2)20-11-8-12-21(17(3)4)22(20)24-23(26)18-9-7-10-19(15-18)29(27,28)25-13-5-6-14-25/h7-12,15-17H,5-6,13-14H2,1-4H3,(H,24,26). The number of carbonyl (C=O) groups excluding carboxylic acids is 1. The average molecular weight is 415 g/mol. The molecular weight excluding hydrogens is 384 g/mol. The van der Waals surface area contributed by atoms with E-state index in [0.29, 0.717) is 18.7 Å². The van der Waals surface area contributed by atoms with Crippen LogP contribution in [0, 0.1) is 0 Å². The van der Waals surface area contributed by atoms with E-state index in [0.717, 1.165) is 29.7 Å². The Hall–Kier alpha value is -2.18. The van der Waals surface area contributed by atoms with Crippen molar-refractivity contribution in [3.8, 4) is 0 Å². The molecule has 3 rings (SSSR count). The fourth-order valence-corrected chi connectivity index (χ4v) is 5.32. The van der Waals surface area contributed by atoms with Gasteiger partial charge >= 0.3 is 0 Å². The highest BCUT2D eigenvalue weighted by atomic mass is 32.2. The number of sulfonamides is 1. The average Bonchev–Trinajstić information content (AvgIpc) is 3.23. The number of hydrogen-bond donors (Lipinski definition) is 1. The minimum Gasteiger partial charge on any atom is -0.321 e. The van der Waals surface area contributed by atoms with Gasteiger partial charge in [0.2, 0.25) is 10.0 Å². The summed E-state index contributed by atoms with van der Waals surface area (Å²) in [7, 11) is -3.56. The highest BCUT2D eigenvalue weighted by Crippen LogP contribution is 2.33. The largest absolute Gasteiger partial charge is 0.321 e. The molecule has 1 saturated heterocycles. The lowest BCUT2D eigenvalue weighted by Crippen LogP contribution is -2.28. The van der Waals surface area contributed by atoms with Crippen molar-refractivity contribution in [1.82, 2.24) is 4.31 Å². The zero-order valence-corrected chi connectivity index (χ0v) is 18.4. The Bertz CT molecular complexity index is 965. The summed E-state index contributed by atoms with van der Waals surface area (Å²) in [4.78, 5) is 13.2. The Morgan fingerprint density at radius 2 is 1.48 bits per heavy atom. The summed E-state index contributed by atoms with van der Waals surface area (Å²) >= 11 is 0. The molecule has 5 nitrogen and oxygen atoms in total. The first-order chi connectivity index (χ1) is 13.7. The van der Waals surface area contributed by atoms with E-state index in [9.17, 15) is 13.2 Å². The molecule has 156 valence electrons. The van der Waals surface area contributed by atoms with Crippen molar-refractivity contribution in [2.24, 2.45) is 0 Å². The molecule has 0 atom stereocenters. The monoisotopic (exact) mass is 414 g/mol. The fraction of sp³-hybridized carbons (Fsp3) is 0.435. The first-order valence-electron chi connectivity index (χ1n) is 10.3. The number of rotatable bonds is 6. The van der Waals surface area contributed by atoms with Gasteiger partial charge in [-0.15, -0.1) is 0 Å². The molecule has 1 heterocycles. The smallest absolute Gasteiger partial charge is 0.255 e. The Morgan fingerprint density at radius 3 is 2.03 bits per heavy atom. The lowest BCUT2D eigenvalue weighted by atomic mass is 9.92. The summed E-state index contributed by atoms with van der Waals surface area (Å²) in [6.07, 6.45) is 1.76. The van der Waals surface area contributed by atoms with E-state index >= 15 is 0 Å². The van der Waals surface area contributed by atoms with Crippen LogP contribution in [0.15, 0.2) is 47.4 Å². The van der Waals surface area contributed by atoms with Crippen LogP contribution >= 0.6 is 0 Å². The fourth-order valence-electron chi connectivity index (χ4n) is 3.76. The minimum absolute atomic E-state index is 0.174. The molecule has 2 aromatic carbocycles. The van der Waals surface area contributed by atoms with E-state index in [1.54, 1.807) is 18.2 Å². The highest BCUT2D eigenvalue weighted by molar-refractivity contribution is 7.89. The predicted molar refractivity (Wildman–Crippen MR) is 117 cm³/mol. The maximum Gasteiger partial charge on any atom is 0.255 e. The van der Waals surface area contributed by atoms with E-state index in [4.69, 9.17) is 0 Å². The van der Waals surface area contributed by atoms with Gasteiger partial charge in [-0.25, -0.2) is 8.42 Å². The molecule has 1 N–H and O–H groups in total. The lowest BCUT2D eigenvalue weighted by Gasteiger charge is -2.20. The van der Waals surface area contributed by atoms with Gasteiger partial charge in [0.1, 0.15) is 0 Å². The van der Waals surface area contributed by atoms with Crippen molar-refractivity contribution in [3.63, 3.8) is 0 Å². The second kappa shape index (κ2) is 8.67. The Kier molecular flexibility index (Phi) is 6.44. The number of para-hydroxylation sites is 1. The summed E-state index contributed by atoms with van der Waals surface area (Å²) in [5.41, 5.74) is 3.32. The molecule has 29 heavy (non-hydrogen) atoms. The minimum atomic E-state index is -3.56. The molecule has 0 spiro atoms. The molecule has 2 aromatic rings. The van der Waals surface area contributed by atoms with Crippen LogP contribution in [0.25, 0.3) is 0 Å². The summed E-state index contributed by atoms with van der Waals surface area (Å²) in [6, 6.07) is 12.4. The number of nitrogens with zero attached hydrogens (tertiary/aromatic N) is 1. The van der Waals surface area contributed by atoms with Crippen molar-refractivity contribution < 1.29 is 13.2 Å².